The standard InChI is InChI=1S/C12H19ClF3NO/c1-2-17(8-7-13)11(18)9-5-3-4-6-10(9)12(14,15)16/h9-10H,2-8H2,1H3. The van der Waals surface area contributed by atoms with Crippen LogP contribution in [0.5, 0.6) is 0 Å². The van der Waals surface area contributed by atoms with E-state index < -0.39 is 18.0 Å². The van der Waals surface area contributed by atoms with Crippen molar-refractivity contribution in [2.24, 2.45) is 11.8 Å². The maximum absolute atomic E-state index is 12.9. The van der Waals surface area contributed by atoms with E-state index >= 15 is 0 Å². The summed E-state index contributed by atoms with van der Waals surface area (Å²) in [5.74, 6) is -2.53. The zero-order chi connectivity index (χ0) is 13.8. The molecule has 0 N–H and O–H groups in total. The molecule has 1 aliphatic carbocycles. The molecule has 2 atom stereocenters. The first kappa shape index (κ1) is 15.6. The van der Waals surface area contributed by atoms with Crippen LogP contribution in [0, 0.1) is 11.8 Å². The second kappa shape index (κ2) is 6.64. The van der Waals surface area contributed by atoms with Crippen LogP contribution in [0.2, 0.25) is 0 Å². The fraction of sp³-hybridized carbons (Fsp3) is 0.917. The van der Waals surface area contributed by atoms with Gasteiger partial charge in [0.2, 0.25) is 5.91 Å². The first-order valence-electron chi connectivity index (χ1n) is 6.33. The van der Waals surface area contributed by atoms with Crippen molar-refractivity contribution in [1.29, 1.82) is 0 Å². The molecule has 2 unspecified atom stereocenters. The summed E-state index contributed by atoms with van der Waals surface area (Å²) in [5.41, 5.74) is 0. The van der Waals surface area contributed by atoms with E-state index in [2.05, 4.69) is 0 Å². The summed E-state index contributed by atoms with van der Waals surface area (Å²) in [7, 11) is 0. The normalized spacial score (nSPS) is 24.9. The van der Waals surface area contributed by atoms with Gasteiger partial charge in [-0.05, 0) is 19.8 Å². The molecule has 0 aromatic rings. The van der Waals surface area contributed by atoms with Crippen LogP contribution in [-0.4, -0.2) is 36.0 Å². The minimum Gasteiger partial charge on any atom is -0.342 e. The number of halogens is 4. The lowest BCUT2D eigenvalue weighted by Crippen LogP contribution is -2.45. The van der Waals surface area contributed by atoms with Gasteiger partial charge in [-0.3, -0.25) is 4.79 Å². The molecule has 1 saturated carbocycles. The molecule has 0 bridgehead atoms. The molecule has 0 saturated heterocycles. The summed E-state index contributed by atoms with van der Waals surface area (Å²) >= 11 is 5.57. The second-order valence-corrected chi connectivity index (χ2v) is 5.02. The Balaban J connectivity index is 2.79. The maximum Gasteiger partial charge on any atom is 0.392 e. The molecule has 0 aromatic heterocycles. The Kier molecular flexibility index (Phi) is 5.76. The highest BCUT2D eigenvalue weighted by Gasteiger charge is 2.48. The Morgan fingerprint density at radius 2 is 1.94 bits per heavy atom. The van der Waals surface area contributed by atoms with Gasteiger partial charge in [0.1, 0.15) is 0 Å². The van der Waals surface area contributed by atoms with E-state index in [1.807, 2.05) is 0 Å². The zero-order valence-electron chi connectivity index (χ0n) is 10.5. The number of rotatable bonds is 4. The van der Waals surface area contributed by atoms with Crippen molar-refractivity contribution < 1.29 is 18.0 Å². The molecular weight excluding hydrogens is 267 g/mol. The van der Waals surface area contributed by atoms with Crippen molar-refractivity contribution in [1.82, 2.24) is 4.90 Å². The van der Waals surface area contributed by atoms with E-state index in [9.17, 15) is 18.0 Å². The van der Waals surface area contributed by atoms with Crippen molar-refractivity contribution in [3.8, 4) is 0 Å². The maximum atomic E-state index is 12.9. The van der Waals surface area contributed by atoms with Gasteiger partial charge in [0.15, 0.2) is 0 Å². The highest BCUT2D eigenvalue weighted by Crippen LogP contribution is 2.42. The zero-order valence-corrected chi connectivity index (χ0v) is 11.2. The van der Waals surface area contributed by atoms with Crippen LogP contribution in [0.15, 0.2) is 0 Å². The van der Waals surface area contributed by atoms with Gasteiger partial charge in [0.05, 0.1) is 5.92 Å². The van der Waals surface area contributed by atoms with Crippen molar-refractivity contribution in [2.75, 3.05) is 19.0 Å². The summed E-state index contributed by atoms with van der Waals surface area (Å²) in [6.45, 7) is 2.49. The number of carbonyl (C=O) groups is 1. The van der Waals surface area contributed by atoms with Gasteiger partial charge in [-0.2, -0.15) is 13.2 Å². The Labute approximate surface area is 110 Å². The lowest BCUT2D eigenvalue weighted by atomic mass is 9.78. The molecular formula is C12H19ClF3NO. The van der Waals surface area contributed by atoms with E-state index in [4.69, 9.17) is 11.6 Å². The minimum atomic E-state index is -4.28. The molecule has 6 heteroatoms. The lowest BCUT2D eigenvalue weighted by molar-refractivity contribution is -0.200. The number of alkyl halides is 4. The third-order valence-electron chi connectivity index (χ3n) is 3.55. The van der Waals surface area contributed by atoms with Gasteiger partial charge in [-0.15, -0.1) is 11.6 Å². The highest BCUT2D eigenvalue weighted by atomic mass is 35.5. The average molecular weight is 286 g/mol. The Bertz CT molecular complexity index is 283. The molecule has 0 aliphatic heterocycles. The average Bonchev–Trinajstić information content (AvgIpc) is 2.34. The molecule has 106 valence electrons. The van der Waals surface area contributed by atoms with Crippen molar-refractivity contribution in [3.05, 3.63) is 0 Å². The SMILES string of the molecule is CCN(CCCl)C(=O)C1CCCCC1C(F)(F)F. The molecule has 0 radical (unpaired) electrons. The van der Waals surface area contributed by atoms with Crippen LogP contribution in [-0.2, 0) is 4.79 Å². The molecule has 0 heterocycles. The van der Waals surface area contributed by atoms with E-state index in [0.717, 1.165) is 0 Å². The first-order valence-corrected chi connectivity index (χ1v) is 6.86. The van der Waals surface area contributed by atoms with Crippen LogP contribution in [0.4, 0.5) is 13.2 Å². The number of hydrogen-bond acceptors (Lipinski definition) is 1. The van der Waals surface area contributed by atoms with Crippen LogP contribution < -0.4 is 0 Å². The molecule has 1 rings (SSSR count). The van der Waals surface area contributed by atoms with Gasteiger partial charge in [0.25, 0.3) is 0 Å². The van der Waals surface area contributed by atoms with Crippen molar-refractivity contribution >= 4 is 17.5 Å². The minimum absolute atomic E-state index is 0.0678. The summed E-state index contributed by atoms with van der Waals surface area (Å²) in [5, 5.41) is 0. The van der Waals surface area contributed by atoms with Crippen molar-refractivity contribution in [3.63, 3.8) is 0 Å². The van der Waals surface area contributed by atoms with E-state index in [-0.39, 0.29) is 18.2 Å². The number of carbonyl (C=O) groups excluding carboxylic acids is 1. The molecule has 1 amide bonds. The Hall–Kier alpha value is -0.450. The fourth-order valence-electron chi connectivity index (χ4n) is 2.58. The molecule has 2 nitrogen and oxygen atoms in total. The van der Waals surface area contributed by atoms with Gasteiger partial charge < -0.3 is 4.90 Å². The second-order valence-electron chi connectivity index (χ2n) is 4.65. The number of nitrogens with zero attached hydrogens (tertiary/aromatic N) is 1. The largest absolute Gasteiger partial charge is 0.392 e. The predicted molar refractivity (Wildman–Crippen MR) is 64.5 cm³/mol. The van der Waals surface area contributed by atoms with Crippen LogP contribution in [0.3, 0.4) is 0 Å². The van der Waals surface area contributed by atoms with Gasteiger partial charge in [-0.25, -0.2) is 0 Å². The molecule has 0 aromatic carbocycles. The summed E-state index contributed by atoms with van der Waals surface area (Å²) in [6.07, 6.45) is -2.63. The van der Waals surface area contributed by atoms with Crippen LogP contribution in [0.25, 0.3) is 0 Å². The Morgan fingerprint density at radius 3 is 2.44 bits per heavy atom. The summed E-state index contributed by atoms with van der Waals surface area (Å²) in [6, 6.07) is 0. The smallest absolute Gasteiger partial charge is 0.342 e. The fourth-order valence-corrected chi connectivity index (χ4v) is 2.78. The van der Waals surface area contributed by atoms with Gasteiger partial charge in [-0.1, -0.05) is 12.8 Å². The lowest BCUT2D eigenvalue weighted by Gasteiger charge is -2.35. The number of hydrogen-bond donors (Lipinski definition) is 0. The predicted octanol–water partition coefficient (Wildman–Crippen LogP) is 3.44. The third kappa shape index (κ3) is 3.77. The van der Waals surface area contributed by atoms with Gasteiger partial charge >= 0.3 is 6.18 Å². The summed E-state index contributed by atoms with van der Waals surface area (Å²) in [4.78, 5) is 13.6. The monoisotopic (exact) mass is 285 g/mol. The van der Waals surface area contributed by atoms with Crippen molar-refractivity contribution in [2.45, 2.75) is 38.8 Å². The highest BCUT2D eigenvalue weighted by molar-refractivity contribution is 6.18. The summed E-state index contributed by atoms with van der Waals surface area (Å²) < 4.78 is 38.7. The number of amides is 1. The van der Waals surface area contributed by atoms with E-state index in [0.29, 0.717) is 32.4 Å². The van der Waals surface area contributed by atoms with E-state index in [1.165, 1.54) is 4.90 Å². The first-order chi connectivity index (χ1) is 8.41. The molecule has 0 spiro atoms. The van der Waals surface area contributed by atoms with Crippen LogP contribution >= 0.6 is 11.6 Å². The topological polar surface area (TPSA) is 20.3 Å². The molecule has 18 heavy (non-hydrogen) atoms. The molecule has 1 fully saturated rings. The van der Waals surface area contributed by atoms with Gasteiger partial charge in [0, 0.05) is 24.9 Å². The molecule has 1 aliphatic rings. The van der Waals surface area contributed by atoms with E-state index in [1.54, 1.807) is 6.92 Å². The van der Waals surface area contributed by atoms with Crippen LogP contribution in [0.1, 0.15) is 32.6 Å². The quantitative estimate of drug-likeness (QED) is 0.725. The Morgan fingerprint density at radius 1 is 1.33 bits per heavy atom. The third-order valence-corrected chi connectivity index (χ3v) is 3.72.